The van der Waals surface area contributed by atoms with Crippen LogP contribution < -0.4 is 5.32 Å². The molecule has 1 amide bonds. The summed E-state index contributed by atoms with van der Waals surface area (Å²) in [5.41, 5.74) is 7.83. The van der Waals surface area contributed by atoms with Gasteiger partial charge in [-0.1, -0.05) is 48.5 Å². The monoisotopic (exact) mass is 597 g/mol. The number of aromatic nitrogens is 2. The topological polar surface area (TPSA) is 82.6 Å². The van der Waals surface area contributed by atoms with E-state index >= 15 is 0 Å². The van der Waals surface area contributed by atoms with Crippen molar-refractivity contribution in [1.82, 2.24) is 20.2 Å². The van der Waals surface area contributed by atoms with Crippen LogP contribution in [0.5, 0.6) is 0 Å². The first-order chi connectivity index (χ1) is 21.8. The summed E-state index contributed by atoms with van der Waals surface area (Å²) in [7, 11) is 0. The van der Waals surface area contributed by atoms with Crippen molar-refractivity contribution in [2.45, 2.75) is 82.6 Å². The van der Waals surface area contributed by atoms with Crippen LogP contribution >= 0.6 is 0 Å². The van der Waals surface area contributed by atoms with E-state index in [0.717, 1.165) is 48.3 Å². The zero-order chi connectivity index (χ0) is 30.4. The van der Waals surface area contributed by atoms with Crippen molar-refractivity contribution in [1.29, 1.82) is 0 Å². The fourth-order valence-corrected chi connectivity index (χ4v) is 7.81. The molecule has 228 valence electrons. The summed E-state index contributed by atoms with van der Waals surface area (Å²) in [6, 6.07) is 23.6. The van der Waals surface area contributed by atoms with Crippen LogP contribution in [-0.4, -0.2) is 50.4 Å². The van der Waals surface area contributed by atoms with Gasteiger partial charge in [-0.3, -0.25) is 9.89 Å². The molecule has 9 rings (SSSR count). The van der Waals surface area contributed by atoms with Crippen molar-refractivity contribution in [3.05, 3.63) is 84.4 Å². The number of fused-ring (bicyclic) bond motifs is 3. The van der Waals surface area contributed by atoms with Gasteiger partial charge in [0.15, 0.2) is 0 Å². The highest BCUT2D eigenvalue weighted by molar-refractivity contribution is 6.02. The van der Waals surface area contributed by atoms with Crippen LogP contribution in [0.15, 0.2) is 78.1 Å². The molecule has 6 atom stereocenters. The van der Waals surface area contributed by atoms with E-state index in [1.807, 2.05) is 31.9 Å². The number of carbonyl (C=O) groups excluding carboxylic acids is 1. The molecule has 0 unspecified atom stereocenters. The molecule has 7 nitrogen and oxygen atoms in total. The van der Waals surface area contributed by atoms with Gasteiger partial charge in [0, 0.05) is 42.0 Å². The van der Waals surface area contributed by atoms with Gasteiger partial charge in [-0.25, -0.2) is 9.78 Å². The van der Waals surface area contributed by atoms with Crippen molar-refractivity contribution >= 4 is 28.2 Å². The lowest BCUT2D eigenvalue weighted by atomic mass is 9.95. The number of aromatic amines is 1. The van der Waals surface area contributed by atoms with Gasteiger partial charge >= 0.3 is 6.09 Å². The van der Waals surface area contributed by atoms with Gasteiger partial charge in [0.2, 0.25) is 0 Å². The van der Waals surface area contributed by atoms with Crippen LogP contribution in [0, 0.1) is 11.8 Å². The molecule has 0 radical (unpaired) electrons. The third-order valence-corrected chi connectivity index (χ3v) is 10.4. The predicted octanol–water partition coefficient (Wildman–Crippen LogP) is 7.90. The number of rotatable bonds is 5. The van der Waals surface area contributed by atoms with Crippen molar-refractivity contribution < 1.29 is 9.53 Å². The number of allylic oxidation sites excluding steroid dienone is 1. The molecule has 2 saturated carbocycles. The number of aliphatic imine (C=N–C) groups is 1. The average molecular weight is 598 g/mol. The van der Waals surface area contributed by atoms with Crippen molar-refractivity contribution in [3.8, 4) is 22.4 Å². The molecule has 2 saturated heterocycles. The Morgan fingerprint density at radius 1 is 0.867 bits per heavy atom. The minimum atomic E-state index is -0.517. The quantitative estimate of drug-likeness (QED) is 0.245. The Kier molecular flexibility index (Phi) is 5.95. The second-order valence-corrected chi connectivity index (χ2v) is 14.7. The molecule has 3 aromatic carbocycles. The number of likely N-dealkylation sites (tertiary alicyclic amines) is 1. The Morgan fingerprint density at radius 2 is 1.60 bits per heavy atom. The summed E-state index contributed by atoms with van der Waals surface area (Å²) < 4.78 is 5.74. The molecule has 45 heavy (non-hydrogen) atoms. The molecule has 5 aliphatic rings. The number of carbonyl (C=O) groups is 1. The van der Waals surface area contributed by atoms with Crippen LogP contribution in [0.2, 0.25) is 0 Å². The molecular formula is C38H39N5O2. The summed E-state index contributed by atoms with van der Waals surface area (Å²) >= 11 is 0. The number of piperidine rings is 2. The lowest BCUT2D eigenvalue weighted by Gasteiger charge is -2.29. The molecule has 4 aromatic rings. The number of hydrogen-bond donors (Lipinski definition) is 2. The van der Waals surface area contributed by atoms with Crippen LogP contribution in [0.4, 0.5) is 4.79 Å². The molecule has 7 heteroatoms. The van der Waals surface area contributed by atoms with Gasteiger partial charge in [0.1, 0.15) is 11.4 Å². The normalized spacial score (nSPS) is 28.1. The molecule has 4 heterocycles. The Balaban J connectivity index is 0.893. The Bertz CT molecular complexity index is 1890. The van der Waals surface area contributed by atoms with Crippen molar-refractivity contribution in [2.24, 2.45) is 16.8 Å². The first-order valence-corrected chi connectivity index (χ1v) is 16.5. The minimum absolute atomic E-state index is 0.0684. The van der Waals surface area contributed by atoms with E-state index in [2.05, 4.69) is 77.2 Å². The van der Waals surface area contributed by atoms with E-state index in [1.165, 1.54) is 51.6 Å². The molecule has 3 aliphatic heterocycles. The summed E-state index contributed by atoms with van der Waals surface area (Å²) in [5, 5.41) is 6.12. The van der Waals surface area contributed by atoms with Crippen LogP contribution in [-0.2, 0) is 4.74 Å². The molecular weight excluding hydrogens is 558 g/mol. The lowest BCUT2D eigenvalue weighted by Crippen LogP contribution is -2.38. The molecule has 2 N–H and O–H groups in total. The van der Waals surface area contributed by atoms with E-state index in [0.29, 0.717) is 12.0 Å². The molecule has 0 spiro atoms. The number of benzene rings is 3. The second-order valence-electron chi connectivity index (χ2n) is 14.7. The number of ether oxygens (including phenoxy) is 1. The summed E-state index contributed by atoms with van der Waals surface area (Å²) in [5.74, 6) is 2.27. The van der Waals surface area contributed by atoms with E-state index < -0.39 is 5.60 Å². The van der Waals surface area contributed by atoms with Gasteiger partial charge in [0.25, 0.3) is 0 Å². The van der Waals surface area contributed by atoms with Crippen LogP contribution in [0.1, 0.15) is 70.3 Å². The number of H-pyrrole nitrogens is 1. The number of amides is 1. The van der Waals surface area contributed by atoms with Gasteiger partial charge < -0.3 is 15.0 Å². The highest BCUT2D eigenvalue weighted by Gasteiger charge is 2.56. The maximum atomic E-state index is 13.0. The van der Waals surface area contributed by atoms with Gasteiger partial charge in [-0.05, 0) is 103 Å². The molecule has 0 bridgehead atoms. The second kappa shape index (κ2) is 9.88. The van der Waals surface area contributed by atoms with Gasteiger partial charge in [0.05, 0.1) is 17.9 Å². The fourth-order valence-electron chi connectivity index (χ4n) is 7.81. The first kappa shape index (κ1) is 27.1. The van der Waals surface area contributed by atoms with Crippen molar-refractivity contribution in [3.63, 3.8) is 0 Å². The molecule has 2 aliphatic carbocycles. The predicted molar refractivity (Wildman–Crippen MR) is 178 cm³/mol. The van der Waals surface area contributed by atoms with Gasteiger partial charge in [-0.15, -0.1) is 0 Å². The highest BCUT2D eigenvalue weighted by atomic mass is 16.6. The van der Waals surface area contributed by atoms with E-state index in [1.54, 1.807) is 0 Å². The van der Waals surface area contributed by atoms with E-state index in [-0.39, 0.29) is 18.2 Å². The third kappa shape index (κ3) is 4.98. The SMILES string of the molecule is CC(C)(C)OC(=O)N1[C@@H]2C[C@@H]2C[C@H]1c1ncc(-c2ccc3cc(-c4ccc(C5=CN=C([C@@H]6C[C@H]7C[C@H]7N6)C5)cc4)ccc3c2)[nH]1. The van der Waals surface area contributed by atoms with Gasteiger partial charge in [-0.2, -0.15) is 0 Å². The lowest BCUT2D eigenvalue weighted by molar-refractivity contribution is 0.0175. The number of hydrogen-bond acceptors (Lipinski definition) is 5. The Morgan fingerprint density at radius 3 is 2.36 bits per heavy atom. The standard InChI is InChI=1S/C38H39N5O2/c1-38(2,3)45-37(44)43-34-17-28(34)18-35(43)36-40-20-33(42-36)26-11-10-24-12-23(8-9-25(24)13-26)21-4-6-22(7-5-21)29-16-31(39-19-29)32-15-27-14-30(27)41-32/h4-13,19-20,27-28,30,32,34-35,41H,14-18H2,1-3H3,(H,40,42)/t27-,28-,30-,32+,34-,35+/m1/s1. The Hall–Kier alpha value is -4.23. The van der Waals surface area contributed by atoms with Crippen molar-refractivity contribution in [2.75, 3.05) is 0 Å². The maximum absolute atomic E-state index is 13.0. The smallest absolute Gasteiger partial charge is 0.411 e. The Labute approximate surface area is 263 Å². The van der Waals surface area contributed by atoms with E-state index in [4.69, 9.17) is 14.7 Å². The molecule has 1 aromatic heterocycles. The summed E-state index contributed by atoms with van der Waals surface area (Å²) in [6.45, 7) is 5.75. The highest BCUT2D eigenvalue weighted by Crippen LogP contribution is 2.53. The number of nitrogens with one attached hydrogen (secondary N) is 2. The number of nitrogens with zero attached hydrogens (tertiary/aromatic N) is 3. The largest absolute Gasteiger partial charge is 0.444 e. The number of imidazole rings is 1. The minimum Gasteiger partial charge on any atom is -0.444 e. The third-order valence-electron chi connectivity index (χ3n) is 10.4. The summed E-state index contributed by atoms with van der Waals surface area (Å²) in [4.78, 5) is 28.0. The zero-order valence-corrected chi connectivity index (χ0v) is 26.1. The van der Waals surface area contributed by atoms with Crippen LogP contribution in [0.3, 0.4) is 0 Å². The summed E-state index contributed by atoms with van der Waals surface area (Å²) in [6.07, 6.45) is 9.28. The maximum Gasteiger partial charge on any atom is 0.411 e. The first-order valence-electron chi connectivity index (χ1n) is 16.5. The molecule has 4 fully saturated rings. The average Bonchev–Trinajstić information content (AvgIpc) is 3.60. The van der Waals surface area contributed by atoms with E-state index in [9.17, 15) is 4.79 Å². The van der Waals surface area contributed by atoms with Crippen LogP contribution in [0.25, 0.3) is 38.7 Å². The zero-order valence-electron chi connectivity index (χ0n) is 26.1. The fraction of sp³-hybridized carbons (Fsp3) is 0.395.